The predicted molar refractivity (Wildman–Crippen MR) is 84.6 cm³/mol. The lowest BCUT2D eigenvalue weighted by Gasteiger charge is -2.11. The Balaban J connectivity index is 2.23. The van der Waals surface area contributed by atoms with Crippen molar-refractivity contribution in [2.24, 2.45) is 0 Å². The number of ether oxygens (including phenoxy) is 3. The van der Waals surface area contributed by atoms with E-state index in [2.05, 4.69) is 0 Å². The first-order valence-corrected chi connectivity index (χ1v) is 7.28. The fourth-order valence-corrected chi connectivity index (χ4v) is 1.98. The maximum Gasteiger partial charge on any atom is 0.342 e. The van der Waals surface area contributed by atoms with Gasteiger partial charge in [-0.05, 0) is 24.3 Å². The van der Waals surface area contributed by atoms with E-state index in [-0.39, 0.29) is 29.2 Å². The topological polar surface area (TPSA) is 78.9 Å². The number of benzene rings is 2. The van der Waals surface area contributed by atoms with Crippen LogP contribution in [0.3, 0.4) is 0 Å². The van der Waals surface area contributed by atoms with Gasteiger partial charge >= 0.3 is 17.9 Å². The largest absolute Gasteiger partial charge is 0.457 e. The SMILES string of the molecule is CC(=O)Oc1ccc(OC(C)=O)c(C(=O)OCc2ccccc2F)c1. The number of halogens is 1. The van der Waals surface area contributed by atoms with E-state index in [1.165, 1.54) is 50.2 Å². The molecule has 0 aliphatic carbocycles. The molecule has 6 nitrogen and oxygen atoms in total. The summed E-state index contributed by atoms with van der Waals surface area (Å²) in [5.41, 5.74) is 0.0753. The van der Waals surface area contributed by atoms with E-state index in [4.69, 9.17) is 14.2 Å². The molecule has 0 N–H and O–H groups in total. The van der Waals surface area contributed by atoms with Crippen LogP contribution >= 0.6 is 0 Å². The molecule has 0 aromatic heterocycles. The van der Waals surface area contributed by atoms with Crippen LogP contribution in [-0.4, -0.2) is 17.9 Å². The van der Waals surface area contributed by atoms with Crippen molar-refractivity contribution in [3.05, 3.63) is 59.4 Å². The second-order valence-electron chi connectivity index (χ2n) is 5.01. The molecule has 0 aliphatic rings. The van der Waals surface area contributed by atoms with Gasteiger partial charge in [0.2, 0.25) is 0 Å². The van der Waals surface area contributed by atoms with Gasteiger partial charge in [-0.15, -0.1) is 0 Å². The van der Waals surface area contributed by atoms with Crippen molar-refractivity contribution in [1.29, 1.82) is 0 Å². The molecule has 2 aromatic rings. The zero-order chi connectivity index (χ0) is 18.4. The quantitative estimate of drug-likeness (QED) is 0.612. The van der Waals surface area contributed by atoms with E-state index in [0.717, 1.165) is 0 Å². The molecule has 2 rings (SSSR count). The molecule has 0 radical (unpaired) electrons. The fourth-order valence-electron chi connectivity index (χ4n) is 1.98. The van der Waals surface area contributed by atoms with Gasteiger partial charge in [0.05, 0.1) is 0 Å². The number of carbonyl (C=O) groups excluding carboxylic acids is 3. The molecule has 130 valence electrons. The lowest BCUT2D eigenvalue weighted by atomic mass is 10.2. The van der Waals surface area contributed by atoms with Crippen LogP contribution in [0, 0.1) is 5.82 Å². The highest BCUT2D eigenvalue weighted by Gasteiger charge is 2.18. The normalized spacial score (nSPS) is 10.0. The van der Waals surface area contributed by atoms with Gasteiger partial charge in [-0.2, -0.15) is 0 Å². The van der Waals surface area contributed by atoms with E-state index < -0.39 is 23.7 Å². The summed E-state index contributed by atoms with van der Waals surface area (Å²) in [6, 6.07) is 9.73. The molecule has 0 unspecified atom stereocenters. The zero-order valence-corrected chi connectivity index (χ0v) is 13.6. The van der Waals surface area contributed by atoms with E-state index in [9.17, 15) is 18.8 Å². The van der Waals surface area contributed by atoms with Gasteiger partial charge in [-0.25, -0.2) is 9.18 Å². The summed E-state index contributed by atoms with van der Waals surface area (Å²) < 4.78 is 28.5. The summed E-state index contributed by atoms with van der Waals surface area (Å²) in [5.74, 6) is -2.55. The standard InChI is InChI=1S/C18H15FO6/c1-11(20)24-14-7-8-17(25-12(2)21)15(9-14)18(22)23-10-13-5-3-4-6-16(13)19/h3-9H,10H2,1-2H3. The second-order valence-corrected chi connectivity index (χ2v) is 5.01. The highest BCUT2D eigenvalue weighted by Crippen LogP contribution is 2.26. The summed E-state index contributed by atoms with van der Waals surface area (Å²) in [6.45, 7) is 2.08. The van der Waals surface area contributed by atoms with Gasteiger partial charge in [-0.1, -0.05) is 18.2 Å². The Kier molecular flexibility index (Phi) is 5.84. The van der Waals surface area contributed by atoms with Crippen molar-refractivity contribution in [2.75, 3.05) is 0 Å². The van der Waals surface area contributed by atoms with E-state index >= 15 is 0 Å². The summed E-state index contributed by atoms with van der Waals surface area (Å²) >= 11 is 0. The van der Waals surface area contributed by atoms with Crippen molar-refractivity contribution >= 4 is 17.9 Å². The van der Waals surface area contributed by atoms with E-state index in [0.29, 0.717) is 0 Å². The summed E-state index contributed by atoms with van der Waals surface area (Å²) in [5, 5.41) is 0. The molecule has 2 aromatic carbocycles. The van der Waals surface area contributed by atoms with Crippen LogP contribution in [0.15, 0.2) is 42.5 Å². The third kappa shape index (κ3) is 5.13. The summed E-state index contributed by atoms with van der Waals surface area (Å²) in [6.07, 6.45) is 0. The van der Waals surface area contributed by atoms with Gasteiger partial charge in [0, 0.05) is 19.4 Å². The Labute approximate surface area is 143 Å². The Bertz CT molecular complexity index is 815. The predicted octanol–water partition coefficient (Wildman–Crippen LogP) is 3.03. The number of carbonyl (C=O) groups is 3. The third-order valence-corrected chi connectivity index (χ3v) is 3.00. The average molecular weight is 346 g/mol. The molecule has 7 heteroatoms. The van der Waals surface area contributed by atoms with E-state index in [1.807, 2.05) is 0 Å². The molecule has 0 spiro atoms. The van der Waals surface area contributed by atoms with Crippen molar-refractivity contribution < 1.29 is 33.0 Å². The van der Waals surface area contributed by atoms with Crippen molar-refractivity contribution in [3.8, 4) is 11.5 Å². The number of esters is 3. The Hall–Kier alpha value is -3.22. The van der Waals surface area contributed by atoms with E-state index in [1.54, 1.807) is 6.07 Å². The van der Waals surface area contributed by atoms with Crippen molar-refractivity contribution in [3.63, 3.8) is 0 Å². The molecule has 0 atom stereocenters. The first kappa shape index (κ1) is 18.1. The molecular weight excluding hydrogens is 331 g/mol. The number of rotatable bonds is 5. The van der Waals surface area contributed by atoms with Crippen molar-refractivity contribution in [2.45, 2.75) is 20.5 Å². The highest BCUT2D eigenvalue weighted by atomic mass is 19.1. The monoisotopic (exact) mass is 346 g/mol. The minimum absolute atomic E-state index is 0.0538. The Morgan fingerprint density at radius 3 is 2.28 bits per heavy atom. The third-order valence-electron chi connectivity index (χ3n) is 3.00. The highest BCUT2D eigenvalue weighted by molar-refractivity contribution is 5.94. The second kappa shape index (κ2) is 8.05. The maximum atomic E-state index is 13.6. The van der Waals surface area contributed by atoms with Gasteiger partial charge in [0.15, 0.2) is 0 Å². The van der Waals surface area contributed by atoms with Crippen molar-refractivity contribution in [1.82, 2.24) is 0 Å². The van der Waals surface area contributed by atoms with Gasteiger partial charge in [-0.3, -0.25) is 9.59 Å². The maximum absolute atomic E-state index is 13.6. The number of hydrogen-bond donors (Lipinski definition) is 0. The summed E-state index contributed by atoms with van der Waals surface area (Å²) in [4.78, 5) is 34.5. The first-order valence-electron chi connectivity index (χ1n) is 7.28. The first-order chi connectivity index (χ1) is 11.9. The van der Waals surface area contributed by atoms with Crippen LogP contribution < -0.4 is 9.47 Å². The average Bonchev–Trinajstić information content (AvgIpc) is 2.54. The van der Waals surface area contributed by atoms with Gasteiger partial charge in [0.25, 0.3) is 0 Å². The molecule has 0 amide bonds. The van der Waals surface area contributed by atoms with Gasteiger partial charge < -0.3 is 14.2 Å². The van der Waals surface area contributed by atoms with Crippen LogP contribution in [0.4, 0.5) is 4.39 Å². The summed E-state index contributed by atoms with van der Waals surface area (Å²) in [7, 11) is 0. The molecule has 0 bridgehead atoms. The fraction of sp³-hybridized carbons (Fsp3) is 0.167. The van der Waals surface area contributed by atoms with Crippen LogP contribution in [0.5, 0.6) is 11.5 Å². The van der Waals surface area contributed by atoms with Crippen LogP contribution in [0.2, 0.25) is 0 Å². The zero-order valence-electron chi connectivity index (χ0n) is 13.6. The minimum Gasteiger partial charge on any atom is -0.457 e. The lowest BCUT2D eigenvalue weighted by Crippen LogP contribution is -2.12. The molecular formula is C18H15FO6. The van der Waals surface area contributed by atoms with Gasteiger partial charge in [0.1, 0.15) is 29.5 Å². The molecule has 0 saturated heterocycles. The molecule has 0 heterocycles. The Morgan fingerprint density at radius 1 is 0.960 bits per heavy atom. The molecule has 0 aliphatic heterocycles. The lowest BCUT2D eigenvalue weighted by molar-refractivity contribution is -0.133. The van der Waals surface area contributed by atoms with Crippen LogP contribution in [0.25, 0.3) is 0 Å². The minimum atomic E-state index is -0.853. The Morgan fingerprint density at radius 2 is 1.64 bits per heavy atom. The molecule has 25 heavy (non-hydrogen) atoms. The molecule has 0 fully saturated rings. The van der Waals surface area contributed by atoms with Crippen LogP contribution in [0.1, 0.15) is 29.8 Å². The number of hydrogen-bond acceptors (Lipinski definition) is 6. The van der Waals surface area contributed by atoms with Crippen LogP contribution in [-0.2, 0) is 20.9 Å². The smallest absolute Gasteiger partial charge is 0.342 e. The molecule has 0 saturated carbocycles.